The molecule has 0 spiro atoms. The molecule has 0 saturated heterocycles. The molecule has 1 aliphatic heterocycles. The Morgan fingerprint density at radius 1 is 1.32 bits per heavy atom. The third kappa shape index (κ3) is 4.16. The van der Waals surface area contributed by atoms with Crippen LogP contribution in [0.3, 0.4) is 0 Å². The molecular weight excluding hydrogens is 278 g/mol. The molecule has 0 unspecified atom stereocenters. The number of anilines is 1. The average molecular weight is 305 g/mol. The van der Waals surface area contributed by atoms with Gasteiger partial charge in [0.2, 0.25) is 5.91 Å². The van der Waals surface area contributed by atoms with E-state index in [1.165, 1.54) is 0 Å². The van der Waals surface area contributed by atoms with Crippen LogP contribution in [0.2, 0.25) is 0 Å². The normalized spacial score (nSPS) is 17.0. The van der Waals surface area contributed by atoms with E-state index in [-0.39, 0.29) is 11.9 Å². The Bertz CT molecular complexity index is 544. The number of hydrogen-bond donors (Lipinski definition) is 2. The fourth-order valence-electron chi connectivity index (χ4n) is 2.84. The van der Waals surface area contributed by atoms with E-state index in [0.717, 1.165) is 48.8 Å². The van der Waals surface area contributed by atoms with Gasteiger partial charge in [0.05, 0.1) is 5.69 Å². The summed E-state index contributed by atoms with van der Waals surface area (Å²) >= 11 is 0. The van der Waals surface area contributed by atoms with Gasteiger partial charge in [0.1, 0.15) is 17.7 Å². The van der Waals surface area contributed by atoms with E-state index in [1.807, 2.05) is 6.92 Å². The lowest BCUT2D eigenvalue weighted by Crippen LogP contribution is -2.37. The van der Waals surface area contributed by atoms with Crippen LogP contribution < -0.4 is 11.1 Å². The molecule has 0 fully saturated rings. The fourth-order valence-corrected chi connectivity index (χ4v) is 2.84. The van der Waals surface area contributed by atoms with Crippen molar-refractivity contribution in [2.24, 2.45) is 11.7 Å². The number of nitrogens with two attached hydrogens (primary N) is 1. The van der Waals surface area contributed by atoms with Gasteiger partial charge in [-0.3, -0.25) is 4.79 Å². The Hall–Kier alpha value is -1.69. The van der Waals surface area contributed by atoms with E-state index in [4.69, 9.17) is 5.73 Å². The molecule has 0 aliphatic carbocycles. The lowest BCUT2D eigenvalue weighted by molar-refractivity contribution is -0.119. The van der Waals surface area contributed by atoms with Crippen LogP contribution in [-0.2, 0) is 17.6 Å². The largest absolute Gasteiger partial charge is 0.368 e. The molecule has 2 rings (SSSR count). The van der Waals surface area contributed by atoms with Gasteiger partial charge in [-0.1, -0.05) is 13.8 Å². The fraction of sp³-hybridized carbons (Fsp3) is 0.688. The van der Waals surface area contributed by atoms with Crippen LogP contribution in [0.15, 0.2) is 0 Å². The van der Waals surface area contributed by atoms with Gasteiger partial charge in [-0.25, -0.2) is 9.97 Å². The number of aryl methyl sites for hydroxylation is 1. The molecule has 0 saturated carbocycles. The topological polar surface area (TPSA) is 84.1 Å². The standard InChI is InChI=1S/C16H27N5O/c1-10(2)9-14(15(17)22)20-16-12-5-7-21(4)8-6-13(12)18-11(3)19-16/h10,14H,5-9H2,1-4H3,(H2,17,22)(H,18,19,20)/t14-/m0/s1. The van der Waals surface area contributed by atoms with Crippen molar-refractivity contribution in [3.05, 3.63) is 17.1 Å². The van der Waals surface area contributed by atoms with Crippen molar-refractivity contribution in [3.63, 3.8) is 0 Å². The maximum absolute atomic E-state index is 11.7. The molecule has 0 aromatic carbocycles. The molecule has 1 amide bonds. The van der Waals surface area contributed by atoms with Gasteiger partial charge in [-0.2, -0.15) is 0 Å². The summed E-state index contributed by atoms with van der Waals surface area (Å²) in [5, 5.41) is 3.28. The summed E-state index contributed by atoms with van der Waals surface area (Å²) in [6.45, 7) is 8.02. The second-order valence-electron chi connectivity index (χ2n) is 6.58. The van der Waals surface area contributed by atoms with Crippen LogP contribution in [0.4, 0.5) is 5.82 Å². The van der Waals surface area contributed by atoms with Crippen molar-refractivity contribution < 1.29 is 4.79 Å². The molecule has 122 valence electrons. The van der Waals surface area contributed by atoms with Gasteiger partial charge in [0, 0.05) is 25.1 Å². The van der Waals surface area contributed by atoms with E-state index in [2.05, 4.69) is 41.1 Å². The maximum Gasteiger partial charge on any atom is 0.239 e. The Balaban J connectivity index is 2.30. The van der Waals surface area contributed by atoms with E-state index in [0.29, 0.717) is 12.3 Å². The lowest BCUT2D eigenvalue weighted by atomic mass is 10.0. The van der Waals surface area contributed by atoms with Crippen molar-refractivity contribution in [1.82, 2.24) is 14.9 Å². The predicted octanol–water partition coefficient (Wildman–Crippen LogP) is 1.13. The van der Waals surface area contributed by atoms with Gasteiger partial charge >= 0.3 is 0 Å². The molecule has 1 atom stereocenters. The Morgan fingerprint density at radius 2 is 2.00 bits per heavy atom. The molecule has 1 aromatic heterocycles. The molecule has 0 radical (unpaired) electrons. The van der Waals surface area contributed by atoms with Crippen molar-refractivity contribution in [2.75, 3.05) is 25.5 Å². The highest BCUT2D eigenvalue weighted by atomic mass is 16.1. The van der Waals surface area contributed by atoms with Crippen LogP contribution >= 0.6 is 0 Å². The number of rotatable bonds is 5. The monoisotopic (exact) mass is 305 g/mol. The highest BCUT2D eigenvalue weighted by Gasteiger charge is 2.22. The van der Waals surface area contributed by atoms with E-state index < -0.39 is 0 Å². The molecule has 6 nitrogen and oxygen atoms in total. The highest BCUT2D eigenvalue weighted by molar-refractivity contribution is 5.82. The first-order valence-electron chi connectivity index (χ1n) is 7.97. The summed E-state index contributed by atoms with van der Waals surface area (Å²) in [6, 6.07) is -0.389. The molecule has 2 heterocycles. The van der Waals surface area contributed by atoms with E-state index in [1.54, 1.807) is 0 Å². The number of amides is 1. The summed E-state index contributed by atoms with van der Waals surface area (Å²) in [4.78, 5) is 23.1. The van der Waals surface area contributed by atoms with E-state index in [9.17, 15) is 4.79 Å². The second-order valence-corrected chi connectivity index (χ2v) is 6.58. The predicted molar refractivity (Wildman–Crippen MR) is 87.7 cm³/mol. The Morgan fingerprint density at radius 3 is 2.64 bits per heavy atom. The average Bonchev–Trinajstić information content (AvgIpc) is 2.60. The second kappa shape index (κ2) is 7.05. The smallest absolute Gasteiger partial charge is 0.239 e. The Kier molecular flexibility index (Phi) is 5.34. The first kappa shape index (κ1) is 16.7. The number of nitrogens with zero attached hydrogens (tertiary/aromatic N) is 3. The van der Waals surface area contributed by atoms with Crippen LogP contribution in [0.25, 0.3) is 0 Å². The van der Waals surface area contributed by atoms with Gasteiger partial charge in [-0.05, 0) is 32.7 Å². The zero-order valence-electron chi connectivity index (χ0n) is 14.0. The first-order valence-corrected chi connectivity index (χ1v) is 7.97. The number of fused-ring (bicyclic) bond motifs is 1. The lowest BCUT2D eigenvalue weighted by Gasteiger charge is -2.21. The van der Waals surface area contributed by atoms with Crippen molar-refractivity contribution >= 4 is 11.7 Å². The van der Waals surface area contributed by atoms with Crippen LogP contribution in [-0.4, -0.2) is 47.0 Å². The molecule has 1 aliphatic rings. The first-order chi connectivity index (χ1) is 10.4. The minimum atomic E-state index is -0.389. The summed E-state index contributed by atoms with van der Waals surface area (Å²) < 4.78 is 0. The summed E-state index contributed by atoms with van der Waals surface area (Å²) in [5.74, 6) is 1.57. The molecule has 22 heavy (non-hydrogen) atoms. The molecule has 0 bridgehead atoms. The zero-order valence-corrected chi connectivity index (χ0v) is 14.0. The van der Waals surface area contributed by atoms with E-state index >= 15 is 0 Å². The Labute approximate surface area is 132 Å². The third-order valence-corrected chi connectivity index (χ3v) is 4.04. The SMILES string of the molecule is Cc1nc2c(c(N[C@@H](CC(C)C)C(N)=O)n1)CCN(C)CC2. The number of aromatic nitrogens is 2. The minimum Gasteiger partial charge on any atom is -0.368 e. The number of carbonyl (C=O) groups is 1. The number of likely N-dealkylation sites (N-methyl/N-ethyl adjacent to an activating group) is 1. The summed E-state index contributed by atoms with van der Waals surface area (Å²) in [5.41, 5.74) is 7.77. The number of hydrogen-bond acceptors (Lipinski definition) is 5. The van der Waals surface area contributed by atoms with Crippen molar-refractivity contribution in [2.45, 2.75) is 46.1 Å². The number of nitrogens with one attached hydrogen (secondary N) is 1. The number of carbonyl (C=O) groups excluding carboxylic acids is 1. The zero-order chi connectivity index (χ0) is 16.3. The van der Waals surface area contributed by atoms with Gasteiger partial charge in [-0.15, -0.1) is 0 Å². The van der Waals surface area contributed by atoms with Crippen molar-refractivity contribution in [1.29, 1.82) is 0 Å². The molecule has 3 N–H and O–H groups in total. The molecule has 1 aromatic rings. The van der Waals surface area contributed by atoms with Gasteiger partial charge in [0.25, 0.3) is 0 Å². The molecular formula is C16H27N5O. The van der Waals surface area contributed by atoms with Gasteiger partial charge in [0.15, 0.2) is 0 Å². The van der Waals surface area contributed by atoms with Crippen molar-refractivity contribution in [3.8, 4) is 0 Å². The number of primary amides is 1. The summed E-state index contributed by atoms with van der Waals surface area (Å²) in [7, 11) is 2.12. The minimum absolute atomic E-state index is 0.329. The maximum atomic E-state index is 11.7. The third-order valence-electron chi connectivity index (χ3n) is 4.04. The van der Waals surface area contributed by atoms with Crippen LogP contribution in [0.1, 0.15) is 37.4 Å². The summed E-state index contributed by atoms with van der Waals surface area (Å²) in [6.07, 6.45) is 2.50. The van der Waals surface area contributed by atoms with Crippen LogP contribution in [0, 0.1) is 12.8 Å². The van der Waals surface area contributed by atoms with Crippen LogP contribution in [0.5, 0.6) is 0 Å². The molecule has 6 heteroatoms. The quantitative estimate of drug-likeness (QED) is 0.852. The van der Waals surface area contributed by atoms with Gasteiger partial charge < -0.3 is 16.0 Å². The highest BCUT2D eigenvalue weighted by Crippen LogP contribution is 2.23.